The van der Waals surface area contributed by atoms with E-state index in [0.29, 0.717) is 38.9 Å². The Morgan fingerprint density at radius 3 is 2.10 bits per heavy atom. The molecule has 0 atom stereocenters. The van der Waals surface area contributed by atoms with Gasteiger partial charge in [-0.25, -0.2) is 0 Å². The van der Waals surface area contributed by atoms with Crippen LogP contribution in [0, 0.1) is 0 Å². The van der Waals surface area contributed by atoms with Crippen LogP contribution in [0.3, 0.4) is 0 Å². The Bertz CT molecular complexity index is 1220. The number of para-hydroxylation sites is 2. The maximum absolute atomic E-state index is 13.1. The van der Waals surface area contributed by atoms with E-state index in [0.717, 1.165) is 0 Å². The van der Waals surface area contributed by atoms with E-state index in [2.05, 4.69) is 5.32 Å². The molecule has 0 aliphatic carbocycles. The third-order valence-electron chi connectivity index (χ3n) is 4.61. The lowest BCUT2D eigenvalue weighted by Gasteiger charge is -2.14. The van der Waals surface area contributed by atoms with Crippen molar-refractivity contribution in [3.05, 3.63) is 125 Å². The molecule has 0 bridgehead atoms. The summed E-state index contributed by atoms with van der Waals surface area (Å²) in [4.78, 5) is 26.1. The number of ether oxygens (including phenoxy) is 1. The standard InChI is InChI=1S/C26H18ClNO3/c27-19-15-16-23(22(17-19)25(29)18-9-3-1-4-10-18)28-26(30)21-13-7-8-14-24(21)31-20-11-5-2-6-12-20/h1-17H,(H,28,30). The summed E-state index contributed by atoms with van der Waals surface area (Å²) >= 11 is 6.13. The van der Waals surface area contributed by atoms with Crippen LogP contribution in [-0.4, -0.2) is 11.7 Å². The average Bonchev–Trinajstić information content (AvgIpc) is 2.81. The molecule has 0 fully saturated rings. The number of hydrogen-bond donors (Lipinski definition) is 1. The van der Waals surface area contributed by atoms with Gasteiger partial charge < -0.3 is 10.1 Å². The summed E-state index contributed by atoms with van der Waals surface area (Å²) in [5, 5.41) is 3.24. The number of ketones is 1. The van der Waals surface area contributed by atoms with Crippen LogP contribution in [0.4, 0.5) is 5.69 Å². The normalized spacial score (nSPS) is 10.4. The zero-order valence-electron chi connectivity index (χ0n) is 16.4. The Labute approximate surface area is 185 Å². The molecule has 0 radical (unpaired) electrons. The molecule has 1 amide bonds. The van der Waals surface area contributed by atoms with Crippen molar-refractivity contribution in [2.45, 2.75) is 0 Å². The second kappa shape index (κ2) is 9.28. The largest absolute Gasteiger partial charge is 0.457 e. The molecule has 1 N–H and O–H groups in total. The molecule has 4 nitrogen and oxygen atoms in total. The predicted molar refractivity (Wildman–Crippen MR) is 122 cm³/mol. The van der Waals surface area contributed by atoms with Gasteiger partial charge in [0.1, 0.15) is 11.5 Å². The monoisotopic (exact) mass is 427 g/mol. The number of hydrogen-bond acceptors (Lipinski definition) is 3. The predicted octanol–water partition coefficient (Wildman–Crippen LogP) is 6.62. The zero-order chi connectivity index (χ0) is 21.6. The van der Waals surface area contributed by atoms with Crippen LogP contribution in [0.1, 0.15) is 26.3 Å². The first-order valence-electron chi connectivity index (χ1n) is 9.64. The van der Waals surface area contributed by atoms with E-state index in [4.69, 9.17) is 16.3 Å². The van der Waals surface area contributed by atoms with E-state index >= 15 is 0 Å². The SMILES string of the molecule is O=C(c1ccccc1)c1cc(Cl)ccc1NC(=O)c1ccccc1Oc1ccccc1. The molecule has 4 aromatic rings. The number of amides is 1. The van der Waals surface area contributed by atoms with Crippen molar-refractivity contribution in [3.8, 4) is 11.5 Å². The van der Waals surface area contributed by atoms with Crippen LogP contribution in [-0.2, 0) is 0 Å². The van der Waals surface area contributed by atoms with E-state index < -0.39 is 5.91 Å². The number of anilines is 1. The van der Waals surface area contributed by atoms with Gasteiger partial charge in [-0.2, -0.15) is 0 Å². The zero-order valence-corrected chi connectivity index (χ0v) is 17.2. The molecule has 5 heteroatoms. The minimum absolute atomic E-state index is 0.229. The van der Waals surface area contributed by atoms with Crippen LogP contribution in [0.5, 0.6) is 11.5 Å². The molecular formula is C26H18ClNO3. The second-order valence-electron chi connectivity index (χ2n) is 6.75. The van der Waals surface area contributed by atoms with Gasteiger partial charge in [0, 0.05) is 16.1 Å². The van der Waals surface area contributed by atoms with Gasteiger partial charge in [0.05, 0.1) is 11.3 Å². The van der Waals surface area contributed by atoms with Crippen molar-refractivity contribution >= 4 is 29.0 Å². The lowest BCUT2D eigenvalue weighted by Crippen LogP contribution is -2.16. The average molecular weight is 428 g/mol. The Hall–Kier alpha value is -3.89. The first kappa shape index (κ1) is 20.4. The van der Waals surface area contributed by atoms with Crippen LogP contribution in [0.2, 0.25) is 5.02 Å². The summed E-state index contributed by atoms with van der Waals surface area (Å²) in [7, 11) is 0. The molecule has 0 unspecified atom stereocenters. The van der Waals surface area contributed by atoms with Gasteiger partial charge in [-0.05, 0) is 42.5 Å². The van der Waals surface area contributed by atoms with Crippen molar-refractivity contribution in [2.75, 3.05) is 5.32 Å². The quantitative estimate of drug-likeness (QED) is 0.352. The fourth-order valence-corrected chi connectivity index (χ4v) is 3.28. The smallest absolute Gasteiger partial charge is 0.259 e. The highest BCUT2D eigenvalue weighted by molar-refractivity contribution is 6.31. The minimum atomic E-state index is -0.393. The molecule has 0 spiro atoms. The summed E-state index contributed by atoms with van der Waals surface area (Å²) in [6.07, 6.45) is 0. The fraction of sp³-hybridized carbons (Fsp3) is 0. The lowest BCUT2D eigenvalue weighted by atomic mass is 10.0. The Morgan fingerprint density at radius 1 is 0.710 bits per heavy atom. The van der Waals surface area contributed by atoms with E-state index in [1.807, 2.05) is 36.4 Å². The van der Waals surface area contributed by atoms with Gasteiger partial charge in [0.25, 0.3) is 5.91 Å². The van der Waals surface area contributed by atoms with Gasteiger partial charge in [0.2, 0.25) is 0 Å². The first-order chi connectivity index (χ1) is 15.1. The Morgan fingerprint density at radius 2 is 1.35 bits per heavy atom. The molecule has 31 heavy (non-hydrogen) atoms. The van der Waals surface area contributed by atoms with Gasteiger partial charge in [-0.15, -0.1) is 0 Å². The number of rotatable bonds is 6. The summed E-state index contributed by atoms with van der Waals surface area (Å²) in [6.45, 7) is 0. The third-order valence-corrected chi connectivity index (χ3v) is 4.85. The Balaban J connectivity index is 1.64. The van der Waals surface area contributed by atoms with Gasteiger partial charge in [0.15, 0.2) is 5.78 Å². The highest BCUT2D eigenvalue weighted by Gasteiger charge is 2.18. The lowest BCUT2D eigenvalue weighted by molar-refractivity contribution is 0.102. The maximum atomic E-state index is 13.1. The van der Waals surface area contributed by atoms with Crippen LogP contribution in [0.15, 0.2) is 103 Å². The van der Waals surface area contributed by atoms with Crippen molar-refractivity contribution in [1.29, 1.82) is 0 Å². The Kier molecular flexibility index (Phi) is 6.11. The van der Waals surface area contributed by atoms with Gasteiger partial charge >= 0.3 is 0 Å². The molecular weight excluding hydrogens is 410 g/mol. The molecule has 4 rings (SSSR count). The van der Waals surface area contributed by atoms with Crippen molar-refractivity contribution in [1.82, 2.24) is 0 Å². The van der Waals surface area contributed by atoms with Gasteiger partial charge in [-0.1, -0.05) is 72.3 Å². The fourth-order valence-electron chi connectivity index (χ4n) is 3.11. The number of benzene rings is 4. The van der Waals surface area contributed by atoms with Gasteiger partial charge in [-0.3, -0.25) is 9.59 Å². The molecule has 152 valence electrons. The van der Waals surface area contributed by atoms with Crippen LogP contribution in [0.25, 0.3) is 0 Å². The maximum Gasteiger partial charge on any atom is 0.259 e. The highest BCUT2D eigenvalue weighted by atomic mass is 35.5. The van der Waals surface area contributed by atoms with Crippen molar-refractivity contribution in [2.24, 2.45) is 0 Å². The van der Waals surface area contributed by atoms with E-state index in [1.54, 1.807) is 66.7 Å². The summed E-state index contributed by atoms with van der Waals surface area (Å²) in [6, 6.07) is 29.8. The molecule has 0 aliphatic heterocycles. The summed E-state index contributed by atoms with van der Waals surface area (Å²) < 4.78 is 5.89. The molecule has 0 aromatic heterocycles. The highest BCUT2D eigenvalue weighted by Crippen LogP contribution is 2.28. The summed E-state index contributed by atoms with van der Waals surface area (Å²) in [5.74, 6) is 0.411. The molecule has 4 aromatic carbocycles. The van der Waals surface area contributed by atoms with Crippen molar-refractivity contribution in [3.63, 3.8) is 0 Å². The summed E-state index contributed by atoms with van der Waals surface area (Å²) in [5.41, 5.74) is 1.54. The molecule has 0 heterocycles. The molecule has 0 saturated heterocycles. The number of nitrogens with one attached hydrogen (secondary N) is 1. The molecule has 0 saturated carbocycles. The van der Waals surface area contributed by atoms with Crippen LogP contribution < -0.4 is 10.1 Å². The first-order valence-corrected chi connectivity index (χ1v) is 10.0. The number of carbonyl (C=O) groups excluding carboxylic acids is 2. The second-order valence-corrected chi connectivity index (χ2v) is 7.19. The topological polar surface area (TPSA) is 55.4 Å². The minimum Gasteiger partial charge on any atom is -0.457 e. The van der Waals surface area contributed by atoms with E-state index in [9.17, 15) is 9.59 Å². The number of carbonyl (C=O) groups is 2. The van der Waals surface area contributed by atoms with Crippen LogP contribution >= 0.6 is 11.6 Å². The molecule has 0 aliphatic rings. The van der Waals surface area contributed by atoms with Crippen molar-refractivity contribution < 1.29 is 14.3 Å². The van der Waals surface area contributed by atoms with E-state index in [1.165, 1.54) is 0 Å². The third kappa shape index (κ3) is 4.82. The number of halogens is 1. The van der Waals surface area contributed by atoms with E-state index in [-0.39, 0.29) is 5.78 Å².